The zero-order chi connectivity index (χ0) is 56.8. The van der Waals surface area contributed by atoms with Crippen molar-refractivity contribution in [2.24, 2.45) is 0 Å². The minimum atomic E-state index is -3.81. The van der Waals surface area contributed by atoms with Gasteiger partial charge in [0.2, 0.25) is 20.0 Å². The summed E-state index contributed by atoms with van der Waals surface area (Å²) in [5.41, 5.74) is 6.46. The molecule has 0 radical (unpaired) electrons. The number of amides is 4. The Bertz CT molecular complexity index is 2940. The van der Waals surface area contributed by atoms with E-state index in [1.165, 1.54) is 0 Å². The molecule has 4 aliphatic rings. The molecule has 0 spiro atoms. The SMILES string of the molecule is CN1Cc2c(C#N)cc(Cl)cc2C(c2cccc(S(=O)(=O)N[C@@H]3CCN(CCOCCNC(=O)NCCCCNC(=O)NCCOCCN4CC[C@@H](NS(=O)(=O)c5cccc(C6CN(C)Cc7c(C#N)cc(Cl)cc76)c5)C4)C3)c2)C1. The summed E-state index contributed by atoms with van der Waals surface area (Å²) in [6.07, 6.45) is 2.67. The average molecular weight is 1180 g/mol. The molecule has 6 N–H and O–H groups in total. The third-order valence-electron chi connectivity index (χ3n) is 15.0. The van der Waals surface area contributed by atoms with E-state index in [0.29, 0.717) is 152 Å². The number of hydrogen-bond donors (Lipinski definition) is 6. The van der Waals surface area contributed by atoms with Crippen LogP contribution in [-0.4, -0.2) is 180 Å². The summed E-state index contributed by atoms with van der Waals surface area (Å²) < 4.78 is 71.7. The number of carbonyl (C=O) groups excluding carboxylic acids is 2. The van der Waals surface area contributed by atoms with Gasteiger partial charge < -0.3 is 40.5 Å². The molecule has 20 nitrogen and oxygen atoms in total. The summed E-state index contributed by atoms with van der Waals surface area (Å²) in [5, 5.41) is 31.6. The predicted molar refractivity (Wildman–Crippen MR) is 306 cm³/mol. The van der Waals surface area contributed by atoms with Gasteiger partial charge in [0.05, 0.1) is 59.5 Å². The normalized spacial score (nSPS) is 19.9. The molecule has 430 valence electrons. The second-order valence-electron chi connectivity index (χ2n) is 21.0. The van der Waals surface area contributed by atoms with E-state index in [2.05, 4.69) is 62.4 Å². The van der Waals surface area contributed by atoms with E-state index in [4.69, 9.17) is 32.7 Å². The standard InChI is InChI=1S/C56H72Cl2N12O8S2/c1-67-35-51(49-29-43(57)25-41(31-59)53(49)37-67)39-7-5-9-47(27-39)79(73,74)65-45-11-17-69(33-45)19-23-77-21-15-63-55(71)61-13-3-4-14-62-56(72)64-16-22-78-24-20-70-18-12-46(34-70)66-80(75,76)48-10-6-8-40(28-48)52-36-68(2)38-54-42(32-60)26-44(58)30-50(52)54/h5-10,25-30,45-46,51-52,65-66H,3-4,11-24,33-38H2,1-2H3,(H2,61,63,71)(H2,62,64,72)/t45-,46-,51?,52?/m1/s1. The number of hydrogen-bond acceptors (Lipinski definition) is 14. The Balaban J connectivity index is 0.615. The van der Waals surface area contributed by atoms with Crippen molar-refractivity contribution in [1.29, 1.82) is 10.5 Å². The molecule has 24 heteroatoms. The molecule has 4 aromatic rings. The van der Waals surface area contributed by atoms with Crippen molar-refractivity contribution >= 4 is 55.3 Å². The van der Waals surface area contributed by atoms with Crippen molar-refractivity contribution in [3.8, 4) is 12.1 Å². The van der Waals surface area contributed by atoms with Crippen LogP contribution in [0, 0.1) is 22.7 Å². The number of nitrogens with zero attached hydrogens (tertiary/aromatic N) is 6. The number of halogens is 2. The van der Waals surface area contributed by atoms with Gasteiger partial charge in [-0.3, -0.25) is 9.80 Å². The van der Waals surface area contributed by atoms with Crippen LogP contribution in [-0.2, 0) is 42.6 Å². The molecule has 2 unspecified atom stereocenters. The fourth-order valence-corrected chi connectivity index (χ4v) is 14.1. The molecule has 4 aromatic carbocycles. The first-order chi connectivity index (χ1) is 38.5. The van der Waals surface area contributed by atoms with E-state index >= 15 is 0 Å². The van der Waals surface area contributed by atoms with Gasteiger partial charge in [0.1, 0.15) is 0 Å². The van der Waals surface area contributed by atoms with Crippen LogP contribution in [0.5, 0.6) is 0 Å². The van der Waals surface area contributed by atoms with Gasteiger partial charge >= 0.3 is 12.1 Å². The predicted octanol–water partition coefficient (Wildman–Crippen LogP) is 4.71. The number of nitriles is 2. The summed E-state index contributed by atoms with van der Waals surface area (Å²) in [5.74, 6) is -0.286. The van der Waals surface area contributed by atoms with Gasteiger partial charge in [-0.1, -0.05) is 47.5 Å². The first kappa shape index (κ1) is 60.7. The van der Waals surface area contributed by atoms with Crippen molar-refractivity contribution in [2.45, 2.75) is 72.5 Å². The fourth-order valence-electron chi connectivity index (χ4n) is 11.0. The number of unbranched alkanes of at least 4 members (excludes halogenated alkanes) is 1. The zero-order valence-electron chi connectivity index (χ0n) is 45.3. The van der Waals surface area contributed by atoms with E-state index in [1.807, 2.05) is 38.4 Å². The molecule has 2 fully saturated rings. The number of urea groups is 2. The van der Waals surface area contributed by atoms with Crippen LogP contribution in [0.2, 0.25) is 10.0 Å². The average Bonchev–Trinajstić information content (AvgIpc) is 4.11. The van der Waals surface area contributed by atoms with E-state index in [1.54, 1.807) is 48.5 Å². The number of sulfonamides is 2. The number of rotatable bonds is 25. The minimum absolute atomic E-state index is 0.143. The zero-order valence-corrected chi connectivity index (χ0v) is 48.5. The van der Waals surface area contributed by atoms with Crippen molar-refractivity contribution in [1.82, 2.24) is 50.3 Å². The molecule has 2 saturated heterocycles. The highest BCUT2D eigenvalue weighted by atomic mass is 35.5. The maximum atomic E-state index is 13.6. The lowest BCUT2D eigenvalue weighted by Gasteiger charge is -2.33. The van der Waals surface area contributed by atoms with Crippen LogP contribution in [0.15, 0.2) is 82.6 Å². The number of benzene rings is 4. The Morgan fingerprint density at radius 1 is 0.588 bits per heavy atom. The van der Waals surface area contributed by atoms with Crippen molar-refractivity contribution < 1.29 is 35.9 Å². The highest BCUT2D eigenvalue weighted by Crippen LogP contribution is 2.39. The van der Waals surface area contributed by atoms with Gasteiger partial charge in [0.25, 0.3) is 0 Å². The molecular weight excluding hydrogens is 1100 g/mol. The van der Waals surface area contributed by atoms with E-state index in [-0.39, 0.29) is 45.8 Å². The monoisotopic (exact) mass is 1170 g/mol. The quantitative estimate of drug-likeness (QED) is 0.0492. The smallest absolute Gasteiger partial charge is 0.314 e. The van der Waals surface area contributed by atoms with Crippen molar-refractivity contribution in [2.75, 3.05) is 119 Å². The first-order valence-corrected chi connectivity index (χ1v) is 30.9. The number of likely N-dealkylation sites (N-methyl/N-ethyl adjacent to an activating group) is 2. The largest absolute Gasteiger partial charge is 0.378 e. The molecule has 0 aliphatic carbocycles. The van der Waals surface area contributed by atoms with E-state index in [9.17, 15) is 36.9 Å². The second kappa shape index (κ2) is 28.5. The molecule has 4 aliphatic heterocycles. The van der Waals surface area contributed by atoms with Gasteiger partial charge in [0, 0.05) is 113 Å². The van der Waals surface area contributed by atoms with Crippen LogP contribution in [0.25, 0.3) is 0 Å². The highest BCUT2D eigenvalue weighted by molar-refractivity contribution is 7.89. The van der Waals surface area contributed by atoms with Crippen LogP contribution in [0.4, 0.5) is 9.59 Å². The molecule has 4 amide bonds. The number of likely N-dealkylation sites (tertiary alicyclic amines) is 2. The van der Waals surface area contributed by atoms with Gasteiger partial charge in [-0.05, 0) is 135 Å². The molecule has 4 heterocycles. The number of ether oxygens (including phenoxy) is 2. The Morgan fingerprint density at radius 3 is 1.41 bits per heavy atom. The first-order valence-electron chi connectivity index (χ1n) is 27.2. The van der Waals surface area contributed by atoms with Crippen molar-refractivity contribution in [3.63, 3.8) is 0 Å². The van der Waals surface area contributed by atoms with Crippen LogP contribution >= 0.6 is 23.2 Å². The molecule has 80 heavy (non-hydrogen) atoms. The summed E-state index contributed by atoms with van der Waals surface area (Å²) >= 11 is 12.8. The number of nitrogens with one attached hydrogen (secondary N) is 6. The Kier molecular flexibility index (Phi) is 21.6. The summed E-state index contributed by atoms with van der Waals surface area (Å²) in [6.45, 7) is 9.40. The summed E-state index contributed by atoms with van der Waals surface area (Å²) in [6, 6.07) is 24.5. The molecule has 0 aromatic heterocycles. The maximum absolute atomic E-state index is 13.6. The van der Waals surface area contributed by atoms with Gasteiger partial charge in [0.15, 0.2) is 0 Å². The topological polar surface area (TPSA) is 254 Å². The lowest BCUT2D eigenvalue weighted by atomic mass is 9.83. The second-order valence-corrected chi connectivity index (χ2v) is 25.3. The van der Waals surface area contributed by atoms with Crippen LogP contribution in [0.3, 0.4) is 0 Å². The van der Waals surface area contributed by atoms with Gasteiger partial charge in [-0.2, -0.15) is 10.5 Å². The van der Waals surface area contributed by atoms with E-state index < -0.39 is 20.0 Å². The lowest BCUT2D eigenvalue weighted by molar-refractivity contribution is 0.113. The minimum Gasteiger partial charge on any atom is -0.378 e. The third kappa shape index (κ3) is 16.6. The molecule has 0 bridgehead atoms. The van der Waals surface area contributed by atoms with Crippen molar-refractivity contribution in [3.05, 3.63) is 127 Å². The number of carbonyl (C=O) groups is 2. The lowest BCUT2D eigenvalue weighted by Crippen LogP contribution is -2.39. The molecular formula is C56H72Cl2N12O8S2. The highest BCUT2D eigenvalue weighted by Gasteiger charge is 2.33. The Hall–Kier alpha value is -5.44. The van der Waals surface area contributed by atoms with Gasteiger partial charge in [-0.25, -0.2) is 35.9 Å². The maximum Gasteiger partial charge on any atom is 0.314 e. The Labute approximate surface area is 480 Å². The molecule has 4 atom stereocenters. The van der Waals surface area contributed by atoms with E-state index in [0.717, 1.165) is 46.5 Å². The Morgan fingerprint density at radius 2 is 1.00 bits per heavy atom. The molecule has 0 saturated carbocycles. The summed E-state index contributed by atoms with van der Waals surface area (Å²) in [4.78, 5) is 33.5. The van der Waals surface area contributed by atoms with Crippen LogP contribution < -0.4 is 30.7 Å². The fraction of sp³-hybridized carbons (Fsp3) is 0.500. The summed E-state index contributed by atoms with van der Waals surface area (Å²) in [7, 11) is -3.65. The van der Waals surface area contributed by atoms with Gasteiger partial charge in [-0.15, -0.1) is 0 Å². The number of fused-ring (bicyclic) bond motifs is 2. The molecule has 8 rings (SSSR count). The van der Waals surface area contributed by atoms with Crippen LogP contribution in [0.1, 0.15) is 82.0 Å². The third-order valence-corrected chi connectivity index (χ3v) is 18.5.